The Labute approximate surface area is 122 Å². The molecule has 1 aromatic carbocycles. The van der Waals surface area contributed by atoms with Crippen molar-refractivity contribution in [3.05, 3.63) is 41.3 Å². The Kier molecular flexibility index (Phi) is 4.74. The lowest BCUT2D eigenvalue weighted by atomic mass is 10.2. The van der Waals surface area contributed by atoms with Gasteiger partial charge in [0.05, 0.1) is 4.47 Å². The molecule has 5 heteroatoms. The van der Waals surface area contributed by atoms with Crippen molar-refractivity contribution >= 4 is 33.1 Å². The van der Waals surface area contributed by atoms with Gasteiger partial charge in [-0.3, -0.25) is 0 Å². The summed E-state index contributed by atoms with van der Waals surface area (Å²) in [6.45, 7) is 6.35. The van der Waals surface area contributed by atoms with Gasteiger partial charge in [-0.15, -0.1) is 0 Å². The van der Waals surface area contributed by atoms with Gasteiger partial charge in [0.2, 0.25) is 0 Å². The third-order valence-electron chi connectivity index (χ3n) is 2.93. The maximum atomic E-state index is 4.18. The molecule has 2 aromatic rings. The Balaban J connectivity index is 2.13. The lowest BCUT2D eigenvalue weighted by molar-refractivity contribution is 0.866. The number of anilines is 3. The summed E-state index contributed by atoms with van der Waals surface area (Å²) in [5.74, 6) is 0.769. The van der Waals surface area contributed by atoms with Crippen molar-refractivity contribution in [2.45, 2.75) is 13.8 Å². The van der Waals surface area contributed by atoms with E-state index in [-0.39, 0.29) is 0 Å². The van der Waals surface area contributed by atoms with E-state index >= 15 is 0 Å². The monoisotopic (exact) mass is 320 g/mol. The average molecular weight is 321 g/mol. The van der Waals surface area contributed by atoms with E-state index in [0.29, 0.717) is 0 Å². The number of rotatable bonds is 5. The van der Waals surface area contributed by atoms with Crippen LogP contribution in [0.2, 0.25) is 0 Å². The van der Waals surface area contributed by atoms with Gasteiger partial charge in [-0.05, 0) is 54.0 Å². The highest BCUT2D eigenvalue weighted by Gasteiger charge is 2.03. The molecule has 19 heavy (non-hydrogen) atoms. The van der Waals surface area contributed by atoms with Gasteiger partial charge < -0.3 is 10.2 Å². The zero-order chi connectivity index (χ0) is 13.7. The van der Waals surface area contributed by atoms with Crippen LogP contribution in [-0.2, 0) is 0 Å². The molecule has 100 valence electrons. The highest BCUT2D eigenvalue weighted by Crippen LogP contribution is 2.24. The first-order chi connectivity index (χ1) is 9.24. The molecule has 0 spiro atoms. The second-order valence-electron chi connectivity index (χ2n) is 4.06. The van der Waals surface area contributed by atoms with Crippen molar-refractivity contribution in [1.29, 1.82) is 0 Å². The van der Waals surface area contributed by atoms with Gasteiger partial charge >= 0.3 is 0 Å². The average Bonchev–Trinajstić information content (AvgIpc) is 2.44. The lowest BCUT2D eigenvalue weighted by Gasteiger charge is -2.21. The first kappa shape index (κ1) is 13.8. The number of hydrogen-bond donors (Lipinski definition) is 1. The van der Waals surface area contributed by atoms with Crippen LogP contribution in [0.15, 0.2) is 41.3 Å². The minimum absolute atomic E-state index is 0.769. The number of aromatic nitrogens is 2. The third kappa shape index (κ3) is 3.44. The fourth-order valence-corrected chi connectivity index (χ4v) is 2.21. The van der Waals surface area contributed by atoms with Crippen molar-refractivity contribution in [3.63, 3.8) is 0 Å². The normalized spacial score (nSPS) is 10.3. The van der Waals surface area contributed by atoms with Crippen LogP contribution in [-0.4, -0.2) is 23.1 Å². The summed E-state index contributed by atoms with van der Waals surface area (Å²) in [6.07, 6.45) is 3.25. The molecule has 0 bridgehead atoms. The molecule has 0 fully saturated rings. The number of nitrogens with zero attached hydrogens (tertiary/aromatic N) is 3. The maximum absolute atomic E-state index is 4.18. The first-order valence-electron chi connectivity index (χ1n) is 6.32. The van der Waals surface area contributed by atoms with Crippen LogP contribution in [0.25, 0.3) is 0 Å². The van der Waals surface area contributed by atoms with Gasteiger partial charge in [0.25, 0.3) is 0 Å². The van der Waals surface area contributed by atoms with E-state index in [0.717, 1.165) is 29.1 Å². The fourth-order valence-electron chi connectivity index (χ4n) is 1.89. The predicted molar refractivity (Wildman–Crippen MR) is 83.0 cm³/mol. The minimum Gasteiger partial charge on any atom is -0.372 e. The van der Waals surface area contributed by atoms with Crippen molar-refractivity contribution in [2.24, 2.45) is 0 Å². The lowest BCUT2D eigenvalue weighted by Crippen LogP contribution is -2.21. The van der Waals surface area contributed by atoms with Crippen molar-refractivity contribution < 1.29 is 0 Å². The zero-order valence-corrected chi connectivity index (χ0v) is 12.7. The summed E-state index contributed by atoms with van der Waals surface area (Å²) in [4.78, 5) is 10.4. The molecule has 0 saturated heterocycles. The Morgan fingerprint density at radius 1 is 1.16 bits per heavy atom. The SMILES string of the molecule is CCN(CC)c1ccc(Nc2ncncc2Br)cc1. The highest BCUT2D eigenvalue weighted by molar-refractivity contribution is 9.10. The smallest absolute Gasteiger partial charge is 0.148 e. The van der Waals surface area contributed by atoms with Crippen LogP contribution in [0, 0.1) is 0 Å². The van der Waals surface area contributed by atoms with Crippen LogP contribution >= 0.6 is 15.9 Å². The van der Waals surface area contributed by atoms with Gasteiger partial charge in [0.15, 0.2) is 0 Å². The molecule has 1 aromatic heterocycles. The Morgan fingerprint density at radius 2 is 1.84 bits per heavy atom. The minimum atomic E-state index is 0.769. The Hall–Kier alpha value is -1.62. The van der Waals surface area contributed by atoms with Crippen molar-refractivity contribution in [3.8, 4) is 0 Å². The van der Waals surface area contributed by atoms with Crippen LogP contribution in [0.5, 0.6) is 0 Å². The molecular weight excluding hydrogens is 304 g/mol. The number of nitrogens with one attached hydrogen (secondary N) is 1. The highest BCUT2D eigenvalue weighted by atomic mass is 79.9. The molecule has 0 aliphatic heterocycles. The van der Waals surface area contributed by atoms with Crippen LogP contribution in [0.3, 0.4) is 0 Å². The molecule has 4 nitrogen and oxygen atoms in total. The number of hydrogen-bond acceptors (Lipinski definition) is 4. The predicted octanol–water partition coefficient (Wildman–Crippen LogP) is 3.83. The summed E-state index contributed by atoms with van der Waals surface area (Å²) in [6, 6.07) is 8.35. The molecule has 0 unspecified atom stereocenters. The van der Waals surface area contributed by atoms with E-state index in [1.165, 1.54) is 12.0 Å². The molecule has 1 N–H and O–H groups in total. The van der Waals surface area contributed by atoms with E-state index in [1.807, 2.05) is 0 Å². The van der Waals surface area contributed by atoms with E-state index in [1.54, 1.807) is 6.20 Å². The summed E-state index contributed by atoms with van der Waals surface area (Å²) in [5, 5.41) is 3.26. The van der Waals surface area contributed by atoms with Gasteiger partial charge in [-0.25, -0.2) is 9.97 Å². The quantitative estimate of drug-likeness (QED) is 0.909. The van der Waals surface area contributed by atoms with Gasteiger partial charge in [-0.1, -0.05) is 0 Å². The molecule has 2 rings (SSSR count). The van der Waals surface area contributed by atoms with Crippen LogP contribution in [0.1, 0.15) is 13.8 Å². The Bertz CT molecular complexity index is 523. The third-order valence-corrected chi connectivity index (χ3v) is 3.51. The summed E-state index contributed by atoms with van der Waals surface area (Å²) >= 11 is 3.42. The molecule has 0 saturated carbocycles. The largest absolute Gasteiger partial charge is 0.372 e. The first-order valence-corrected chi connectivity index (χ1v) is 7.11. The van der Waals surface area contributed by atoms with E-state index in [4.69, 9.17) is 0 Å². The standard InChI is InChI=1S/C14H17BrN4/c1-3-19(4-2)12-7-5-11(6-8-12)18-14-13(15)9-16-10-17-14/h5-10H,3-4H2,1-2H3,(H,16,17,18). The van der Waals surface area contributed by atoms with E-state index in [2.05, 4.69) is 74.2 Å². The van der Waals surface area contributed by atoms with Gasteiger partial charge in [0.1, 0.15) is 12.1 Å². The van der Waals surface area contributed by atoms with Crippen LogP contribution in [0.4, 0.5) is 17.2 Å². The fraction of sp³-hybridized carbons (Fsp3) is 0.286. The van der Waals surface area contributed by atoms with E-state index < -0.39 is 0 Å². The molecule has 1 heterocycles. The summed E-state index contributed by atoms with van der Waals surface area (Å²) in [5.41, 5.74) is 2.24. The summed E-state index contributed by atoms with van der Waals surface area (Å²) < 4.78 is 0.850. The van der Waals surface area contributed by atoms with Crippen LogP contribution < -0.4 is 10.2 Å². The number of benzene rings is 1. The van der Waals surface area contributed by atoms with Gasteiger partial charge in [0, 0.05) is 30.7 Å². The zero-order valence-electron chi connectivity index (χ0n) is 11.1. The molecular formula is C14H17BrN4. The molecule has 0 radical (unpaired) electrons. The molecule has 0 aliphatic carbocycles. The molecule has 0 amide bonds. The van der Waals surface area contributed by atoms with Crippen molar-refractivity contribution in [1.82, 2.24) is 9.97 Å². The number of halogens is 1. The second-order valence-corrected chi connectivity index (χ2v) is 4.92. The molecule has 0 atom stereocenters. The molecule has 0 aliphatic rings. The van der Waals surface area contributed by atoms with Crippen molar-refractivity contribution in [2.75, 3.05) is 23.3 Å². The van der Waals surface area contributed by atoms with Gasteiger partial charge in [-0.2, -0.15) is 0 Å². The summed E-state index contributed by atoms with van der Waals surface area (Å²) in [7, 11) is 0. The maximum Gasteiger partial charge on any atom is 0.148 e. The van der Waals surface area contributed by atoms with E-state index in [9.17, 15) is 0 Å². The topological polar surface area (TPSA) is 41.0 Å². The second kappa shape index (κ2) is 6.52. The Morgan fingerprint density at radius 3 is 2.42 bits per heavy atom.